The molecular weight excluding hydrogens is 144 g/mol. The van der Waals surface area contributed by atoms with E-state index in [4.69, 9.17) is 5.90 Å². The Morgan fingerprint density at radius 2 is 2.36 bits per heavy atom. The van der Waals surface area contributed by atoms with E-state index in [0.717, 1.165) is 19.3 Å². The van der Waals surface area contributed by atoms with Gasteiger partial charge in [0, 0.05) is 12.5 Å². The first-order valence-electron chi connectivity index (χ1n) is 3.94. The molecule has 1 aliphatic rings. The van der Waals surface area contributed by atoms with Gasteiger partial charge in [-0.1, -0.05) is 0 Å². The van der Waals surface area contributed by atoms with E-state index in [0.29, 0.717) is 19.1 Å². The molecule has 0 atom stereocenters. The lowest BCUT2D eigenvalue weighted by Crippen LogP contribution is -2.26. The Morgan fingerprint density at radius 3 is 2.91 bits per heavy atom. The van der Waals surface area contributed by atoms with Crippen molar-refractivity contribution in [3.05, 3.63) is 0 Å². The smallest absolute Gasteiger partial charge is 0.223 e. The maximum atomic E-state index is 11.0. The lowest BCUT2D eigenvalue weighted by Gasteiger charge is -2.01. The Morgan fingerprint density at radius 1 is 1.64 bits per heavy atom. The molecule has 0 bridgehead atoms. The first-order chi connectivity index (χ1) is 5.34. The first-order valence-corrected chi connectivity index (χ1v) is 3.94. The van der Waals surface area contributed by atoms with Crippen molar-refractivity contribution < 1.29 is 9.63 Å². The van der Waals surface area contributed by atoms with Crippen molar-refractivity contribution in [1.82, 2.24) is 5.32 Å². The summed E-state index contributed by atoms with van der Waals surface area (Å²) in [5, 5.41) is 2.80. The van der Waals surface area contributed by atoms with Crippen LogP contribution in [0, 0.1) is 5.92 Å². The highest BCUT2D eigenvalue weighted by Crippen LogP contribution is 2.28. The number of amides is 1. The van der Waals surface area contributed by atoms with Crippen LogP contribution in [0.25, 0.3) is 0 Å². The van der Waals surface area contributed by atoms with Gasteiger partial charge in [-0.25, -0.2) is 5.90 Å². The Bertz CT molecular complexity index is 134. The van der Waals surface area contributed by atoms with Crippen molar-refractivity contribution >= 4 is 5.91 Å². The predicted molar refractivity (Wildman–Crippen MR) is 40.5 cm³/mol. The summed E-state index contributed by atoms with van der Waals surface area (Å²) in [4.78, 5) is 15.3. The summed E-state index contributed by atoms with van der Waals surface area (Å²) in [6.45, 7) is 1.18. The van der Waals surface area contributed by atoms with Crippen LogP contribution in [-0.2, 0) is 9.63 Å². The molecule has 11 heavy (non-hydrogen) atoms. The zero-order valence-electron chi connectivity index (χ0n) is 6.51. The van der Waals surface area contributed by atoms with Gasteiger partial charge in [-0.3, -0.25) is 4.79 Å². The highest BCUT2D eigenvalue weighted by molar-refractivity contribution is 5.80. The Kier molecular flexibility index (Phi) is 3.32. The van der Waals surface area contributed by atoms with Gasteiger partial charge >= 0.3 is 0 Å². The minimum absolute atomic E-state index is 0.182. The topological polar surface area (TPSA) is 64.3 Å². The summed E-state index contributed by atoms with van der Waals surface area (Å²) in [5.41, 5.74) is 0. The highest BCUT2D eigenvalue weighted by atomic mass is 16.6. The van der Waals surface area contributed by atoms with Crippen LogP contribution in [0.1, 0.15) is 19.3 Å². The van der Waals surface area contributed by atoms with Gasteiger partial charge in [0.2, 0.25) is 5.91 Å². The second-order valence-corrected chi connectivity index (χ2v) is 2.79. The third-order valence-electron chi connectivity index (χ3n) is 1.69. The molecule has 1 rings (SSSR count). The maximum absolute atomic E-state index is 11.0. The van der Waals surface area contributed by atoms with Crippen LogP contribution < -0.4 is 11.2 Å². The quantitative estimate of drug-likeness (QED) is 0.430. The summed E-state index contributed by atoms with van der Waals surface area (Å²) in [6.07, 6.45) is 2.90. The monoisotopic (exact) mass is 158 g/mol. The standard InChI is InChI=1S/C7H14N2O2/c8-11-5-1-4-9-7(10)6-2-3-6/h6H,1-5,8H2,(H,9,10). The molecule has 0 aromatic heterocycles. The van der Waals surface area contributed by atoms with Gasteiger partial charge in [0.15, 0.2) is 0 Å². The fraction of sp³-hybridized carbons (Fsp3) is 0.857. The highest BCUT2D eigenvalue weighted by Gasteiger charge is 2.28. The molecule has 0 heterocycles. The summed E-state index contributed by atoms with van der Waals surface area (Å²) >= 11 is 0. The van der Waals surface area contributed by atoms with Crippen molar-refractivity contribution in [2.45, 2.75) is 19.3 Å². The minimum atomic E-state index is 0.182. The van der Waals surface area contributed by atoms with E-state index >= 15 is 0 Å². The number of rotatable bonds is 5. The molecule has 0 spiro atoms. The van der Waals surface area contributed by atoms with Crippen molar-refractivity contribution in [2.24, 2.45) is 11.8 Å². The maximum Gasteiger partial charge on any atom is 0.223 e. The molecule has 1 amide bonds. The van der Waals surface area contributed by atoms with Gasteiger partial charge in [-0.05, 0) is 19.3 Å². The summed E-state index contributed by atoms with van der Waals surface area (Å²) in [6, 6.07) is 0. The average molecular weight is 158 g/mol. The van der Waals surface area contributed by atoms with Crippen LogP contribution in [0.3, 0.4) is 0 Å². The lowest BCUT2D eigenvalue weighted by atomic mass is 10.4. The zero-order chi connectivity index (χ0) is 8.10. The summed E-state index contributed by atoms with van der Waals surface area (Å²) < 4.78 is 0. The number of hydrogen-bond donors (Lipinski definition) is 2. The molecule has 0 aromatic rings. The van der Waals surface area contributed by atoms with Gasteiger partial charge in [0.05, 0.1) is 6.61 Å². The molecule has 1 fully saturated rings. The lowest BCUT2D eigenvalue weighted by molar-refractivity contribution is -0.122. The van der Waals surface area contributed by atoms with E-state index in [9.17, 15) is 4.79 Å². The van der Waals surface area contributed by atoms with E-state index < -0.39 is 0 Å². The van der Waals surface area contributed by atoms with Crippen molar-refractivity contribution in [2.75, 3.05) is 13.2 Å². The molecule has 0 radical (unpaired) electrons. The van der Waals surface area contributed by atoms with Crippen LogP contribution >= 0.6 is 0 Å². The van der Waals surface area contributed by atoms with Crippen LogP contribution in [0.4, 0.5) is 0 Å². The van der Waals surface area contributed by atoms with Gasteiger partial charge in [0.25, 0.3) is 0 Å². The van der Waals surface area contributed by atoms with Crippen LogP contribution in [-0.4, -0.2) is 19.1 Å². The van der Waals surface area contributed by atoms with Crippen molar-refractivity contribution in [3.63, 3.8) is 0 Å². The molecule has 64 valence electrons. The number of nitrogens with two attached hydrogens (primary N) is 1. The fourth-order valence-electron chi connectivity index (χ4n) is 0.857. The van der Waals surface area contributed by atoms with E-state index in [1.54, 1.807) is 0 Å². The number of carbonyl (C=O) groups is 1. The predicted octanol–water partition coefficient (Wildman–Crippen LogP) is -0.207. The second-order valence-electron chi connectivity index (χ2n) is 2.79. The Hall–Kier alpha value is -0.610. The number of hydrogen-bond acceptors (Lipinski definition) is 3. The molecule has 4 heteroatoms. The van der Waals surface area contributed by atoms with Crippen LogP contribution in [0.15, 0.2) is 0 Å². The molecule has 0 saturated heterocycles. The summed E-state index contributed by atoms with van der Waals surface area (Å²) in [7, 11) is 0. The van der Waals surface area contributed by atoms with E-state index in [2.05, 4.69) is 10.2 Å². The molecule has 3 N–H and O–H groups in total. The van der Waals surface area contributed by atoms with Gasteiger partial charge in [0.1, 0.15) is 0 Å². The number of nitrogens with one attached hydrogen (secondary N) is 1. The van der Waals surface area contributed by atoms with Crippen LogP contribution in [0.5, 0.6) is 0 Å². The average Bonchev–Trinajstić information content (AvgIpc) is 2.79. The van der Waals surface area contributed by atoms with E-state index in [1.165, 1.54) is 0 Å². The minimum Gasteiger partial charge on any atom is -0.356 e. The third kappa shape index (κ3) is 3.34. The summed E-state index contributed by atoms with van der Waals surface area (Å²) in [5.74, 6) is 5.29. The Labute approximate surface area is 66.0 Å². The zero-order valence-corrected chi connectivity index (χ0v) is 6.51. The molecular formula is C7H14N2O2. The molecule has 1 saturated carbocycles. The van der Waals surface area contributed by atoms with Gasteiger partial charge in [-0.2, -0.15) is 0 Å². The van der Waals surface area contributed by atoms with Crippen LogP contribution in [0.2, 0.25) is 0 Å². The van der Waals surface area contributed by atoms with Crippen molar-refractivity contribution in [1.29, 1.82) is 0 Å². The first kappa shape index (κ1) is 8.49. The van der Waals surface area contributed by atoms with E-state index in [1.807, 2.05) is 0 Å². The molecule has 1 aliphatic carbocycles. The number of carbonyl (C=O) groups excluding carboxylic acids is 1. The molecule has 0 aromatic carbocycles. The fourth-order valence-corrected chi connectivity index (χ4v) is 0.857. The Balaban J connectivity index is 1.89. The molecule has 4 nitrogen and oxygen atoms in total. The van der Waals surface area contributed by atoms with E-state index in [-0.39, 0.29) is 5.91 Å². The van der Waals surface area contributed by atoms with Gasteiger partial charge in [-0.15, -0.1) is 0 Å². The largest absolute Gasteiger partial charge is 0.356 e. The third-order valence-corrected chi connectivity index (χ3v) is 1.69. The van der Waals surface area contributed by atoms with Gasteiger partial charge < -0.3 is 10.2 Å². The molecule has 0 unspecified atom stereocenters. The SMILES string of the molecule is NOCCCNC(=O)C1CC1. The normalized spacial score (nSPS) is 16.5. The second kappa shape index (κ2) is 4.31. The van der Waals surface area contributed by atoms with Crippen molar-refractivity contribution in [3.8, 4) is 0 Å². The molecule has 0 aliphatic heterocycles.